The number of rotatable bonds is 14. The molecule has 7 aromatic carbocycles. The predicted molar refractivity (Wildman–Crippen MR) is 338 cm³/mol. The van der Waals surface area contributed by atoms with Gasteiger partial charge in [0.05, 0.1) is 11.0 Å². The van der Waals surface area contributed by atoms with Gasteiger partial charge in [-0.3, -0.25) is 0 Å². The minimum atomic E-state index is 0.464. The number of nitrogens with zero attached hydrogens (tertiary/aromatic N) is 1. The maximum Gasteiger partial charge on any atom is 0.142 e. The van der Waals surface area contributed by atoms with Crippen molar-refractivity contribution in [3.05, 3.63) is 271 Å². The normalized spacial score (nSPS) is 12.3. The van der Waals surface area contributed by atoms with E-state index in [1.165, 1.54) is 61.5 Å². The Kier molecular flexibility index (Phi) is 20.4. The van der Waals surface area contributed by atoms with Crippen molar-refractivity contribution in [2.24, 2.45) is 0 Å². The molecule has 77 heavy (non-hydrogen) atoms. The van der Waals surface area contributed by atoms with Crippen LogP contribution in [-0.4, -0.2) is 4.57 Å². The van der Waals surface area contributed by atoms with Crippen molar-refractivity contribution in [3.8, 4) is 27.9 Å². The van der Waals surface area contributed by atoms with Gasteiger partial charge in [-0.05, 0) is 116 Å². The summed E-state index contributed by atoms with van der Waals surface area (Å²) in [5.74, 6) is 1.50. The first-order valence-electron chi connectivity index (χ1n) is 27.5. The minimum Gasteiger partial charge on any atom is -0.460 e. The zero-order chi connectivity index (χ0) is 54.7. The number of aryl methyl sites for hydroxylation is 3. The summed E-state index contributed by atoms with van der Waals surface area (Å²) in [5.41, 5.74) is 17.3. The highest BCUT2D eigenvalue weighted by atomic mass is 16.3. The summed E-state index contributed by atoms with van der Waals surface area (Å²) in [4.78, 5) is 0. The summed E-state index contributed by atoms with van der Waals surface area (Å²) in [5, 5.41) is 5.87. The molecule has 10 rings (SSSR count). The Balaban J connectivity index is 0.000000263. The maximum absolute atomic E-state index is 6.77. The van der Waals surface area contributed by atoms with Crippen LogP contribution >= 0.6 is 0 Å². The second kappa shape index (κ2) is 27.9. The van der Waals surface area contributed by atoms with Gasteiger partial charge in [0, 0.05) is 56.2 Å². The molecule has 3 aromatic heterocycles. The van der Waals surface area contributed by atoms with E-state index in [9.17, 15) is 0 Å². The molecule has 0 radical (unpaired) electrons. The van der Waals surface area contributed by atoms with Gasteiger partial charge in [0.2, 0.25) is 0 Å². The zero-order valence-electron chi connectivity index (χ0n) is 46.9. The van der Waals surface area contributed by atoms with E-state index in [1.807, 2.05) is 62.4 Å². The van der Waals surface area contributed by atoms with Gasteiger partial charge in [0.25, 0.3) is 0 Å². The largest absolute Gasteiger partial charge is 0.460 e. The SMILES string of the molecule is C=C/C=C\C=C/C(C)c1ccccc1.C=C/C=C\Cc1c(CC)oc2c(-c3cccc4c3c3c(-c5ccccc5C)c(C)ccc3n4-c3ccc4c(c3)oc3ccccc34)cccc12.CCC.C\C=C/C(=C\C=C\C)CC. The summed E-state index contributed by atoms with van der Waals surface area (Å²) < 4.78 is 15.6. The number of fused-ring (bicyclic) bond motifs is 7. The van der Waals surface area contributed by atoms with Crippen LogP contribution < -0.4 is 0 Å². The number of furan rings is 2. The van der Waals surface area contributed by atoms with Gasteiger partial charge in [-0.2, -0.15) is 0 Å². The maximum atomic E-state index is 6.77. The van der Waals surface area contributed by atoms with E-state index in [4.69, 9.17) is 8.83 Å². The van der Waals surface area contributed by atoms with Crippen LogP contribution in [0.15, 0.2) is 252 Å². The first-order valence-corrected chi connectivity index (χ1v) is 27.5. The fourth-order valence-electron chi connectivity index (χ4n) is 10.0. The molecule has 1 unspecified atom stereocenters. The van der Waals surface area contributed by atoms with Crippen LogP contribution in [0.5, 0.6) is 0 Å². The highest BCUT2D eigenvalue weighted by Crippen LogP contribution is 2.47. The van der Waals surface area contributed by atoms with Gasteiger partial charge in [0.1, 0.15) is 22.5 Å². The topological polar surface area (TPSA) is 31.2 Å². The average molecular weight is 1010 g/mol. The van der Waals surface area contributed by atoms with E-state index < -0.39 is 0 Å². The van der Waals surface area contributed by atoms with Crippen LogP contribution in [-0.2, 0) is 12.8 Å². The van der Waals surface area contributed by atoms with E-state index in [1.54, 1.807) is 6.08 Å². The number of para-hydroxylation sites is 2. The lowest BCUT2D eigenvalue weighted by atomic mass is 9.90. The number of hydrogen-bond donors (Lipinski definition) is 0. The molecule has 3 heterocycles. The summed E-state index contributed by atoms with van der Waals surface area (Å²) in [7, 11) is 0. The molecule has 3 nitrogen and oxygen atoms in total. The van der Waals surface area contributed by atoms with Crippen molar-refractivity contribution in [1.82, 2.24) is 4.57 Å². The molecule has 0 saturated carbocycles. The van der Waals surface area contributed by atoms with Gasteiger partial charge < -0.3 is 13.4 Å². The van der Waals surface area contributed by atoms with Crippen molar-refractivity contribution in [1.29, 1.82) is 0 Å². The molecule has 0 amide bonds. The van der Waals surface area contributed by atoms with Crippen LogP contribution in [0, 0.1) is 13.8 Å². The molecule has 0 saturated heterocycles. The highest BCUT2D eigenvalue weighted by molar-refractivity contribution is 6.22. The van der Waals surface area contributed by atoms with Gasteiger partial charge in [-0.25, -0.2) is 0 Å². The van der Waals surface area contributed by atoms with E-state index in [-0.39, 0.29) is 0 Å². The fourth-order valence-corrected chi connectivity index (χ4v) is 10.0. The molecule has 10 aromatic rings. The van der Waals surface area contributed by atoms with Crippen LogP contribution in [0.25, 0.3) is 82.7 Å². The Morgan fingerprint density at radius 2 is 1.26 bits per heavy atom. The lowest BCUT2D eigenvalue weighted by molar-refractivity contribution is 0.552. The Bertz CT molecular complexity index is 3780. The highest BCUT2D eigenvalue weighted by Gasteiger charge is 2.24. The Morgan fingerprint density at radius 1 is 0.584 bits per heavy atom. The molecule has 0 N–H and O–H groups in total. The van der Waals surface area contributed by atoms with Crippen molar-refractivity contribution in [2.45, 2.75) is 93.9 Å². The third kappa shape index (κ3) is 13.0. The van der Waals surface area contributed by atoms with Crippen LogP contribution in [0.4, 0.5) is 0 Å². The molecule has 390 valence electrons. The average Bonchev–Trinajstić information content (AvgIpc) is 4.29. The lowest BCUT2D eigenvalue weighted by Crippen LogP contribution is -1.94. The third-order valence-electron chi connectivity index (χ3n) is 13.7. The molecule has 1 atom stereocenters. The van der Waals surface area contributed by atoms with E-state index in [2.05, 4.69) is 236 Å². The van der Waals surface area contributed by atoms with Gasteiger partial charge in [-0.1, -0.05) is 242 Å². The molecular weight excluding hydrogens is 935 g/mol. The van der Waals surface area contributed by atoms with Crippen molar-refractivity contribution >= 4 is 54.7 Å². The second-order valence-electron chi connectivity index (χ2n) is 19.2. The van der Waals surface area contributed by atoms with Crippen molar-refractivity contribution in [2.75, 3.05) is 0 Å². The summed E-state index contributed by atoms with van der Waals surface area (Å²) in [6.45, 7) is 26.8. The van der Waals surface area contributed by atoms with Crippen LogP contribution in [0.3, 0.4) is 0 Å². The first kappa shape index (κ1) is 56.3. The molecular formula is C74H77NO2. The molecule has 0 bridgehead atoms. The second-order valence-corrected chi connectivity index (χ2v) is 19.2. The molecule has 0 aliphatic rings. The van der Waals surface area contributed by atoms with Crippen LogP contribution in [0.1, 0.15) is 95.2 Å². The van der Waals surface area contributed by atoms with Crippen molar-refractivity contribution < 1.29 is 8.83 Å². The molecule has 0 aliphatic carbocycles. The number of aromatic nitrogens is 1. The standard InChI is InChI=1S/C47H37NO2.C14H16.C10H16.C3H8/c1-5-7-8-17-34-37-20-13-21-38(47(37)50-41(34)6-2)36-19-14-22-39-45(36)46-40(27-24-30(4)44(46)32-16-10-9-15-29(32)3)48(39)31-25-26-35-33-18-11-12-23-42(33)49-43(35)28-31;1-3-4-5-7-10-13(2)14-11-8-6-9-12-14;1-4-7-9-10(6-3)8-5-2;1-3-2/h5,7-16,18-28H,1,6,17H2,2-4H3;3-13H,1H2,2H3;4-5,7-9H,6H2,1-3H3;3H2,1-2H3/b8-7-;5-4-,10-7-;7-4+,8-5-,10-9-;. The summed E-state index contributed by atoms with van der Waals surface area (Å²) in [6, 6.07) is 51.9. The van der Waals surface area contributed by atoms with E-state index in [0.29, 0.717) is 5.92 Å². The Labute approximate surface area is 459 Å². The summed E-state index contributed by atoms with van der Waals surface area (Å²) >= 11 is 0. The van der Waals surface area contributed by atoms with Gasteiger partial charge >= 0.3 is 0 Å². The monoisotopic (exact) mass is 1010 g/mol. The predicted octanol–water partition coefficient (Wildman–Crippen LogP) is 22.2. The molecule has 0 spiro atoms. The third-order valence-corrected chi connectivity index (χ3v) is 13.7. The molecule has 0 fully saturated rings. The number of hydrogen-bond acceptors (Lipinski definition) is 2. The minimum absolute atomic E-state index is 0.464. The quantitative estimate of drug-likeness (QED) is 0.102. The lowest BCUT2D eigenvalue weighted by Gasteiger charge is -2.13. The molecule has 0 aliphatic heterocycles. The first-order chi connectivity index (χ1) is 37.7. The van der Waals surface area contributed by atoms with E-state index in [0.717, 1.165) is 80.4 Å². The number of benzene rings is 7. The van der Waals surface area contributed by atoms with Gasteiger partial charge in [-0.15, -0.1) is 0 Å². The Morgan fingerprint density at radius 3 is 1.99 bits per heavy atom. The fraction of sp³-hybridized carbons (Fsp3) is 0.189. The van der Waals surface area contributed by atoms with E-state index >= 15 is 0 Å². The number of allylic oxidation sites excluding steroid dienone is 14. The summed E-state index contributed by atoms with van der Waals surface area (Å²) in [6.07, 6.45) is 30.4. The van der Waals surface area contributed by atoms with Gasteiger partial charge in [0.15, 0.2) is 0 Å². The van der Waals surface area contributed by atoms with Crippen LogP contribution in [0.2, 0.25) is 0 Å². The molecule has 3 heteroatoms. The zero-order valence-corrected chi connectivity index (χ0v) is 46.9. The smallest absolute Gasteiger partial charge is 0.142 e. The Hall–Kier alpha value is -8.40. The van der Waals surface area contributed by atoms with Crippen molar-refractivity contribution in [3.63, 3.8) is 0 Å².